The molecule has 0 spiro atoms. The summed E-state index contributed by atoms with van der Waals surface area (Å²) in [5.74, 6) is -0.832. The molecule has 3 N–H and O–H groups in total. The maximum Gasteiger partial charge on any atom is 0.310 e. The van der Waals surface area contributed by atoms with E-state index >= 15 is 0 Å². The highest BCUT2D eigenvalue weighted by Gasteiger charge is 2.32. The molecule has 0 amide bonds. The van der Waals surface area contributed by atoms with Crippen LogP contribution < -0.4 is 5.73 Å². The van der Waals surface area contributed by atoms with Crippen molar-refractivity contribution in [3.63, 3.8) is 0 Å². The molecule has 3 nitrogen and oxygen atoms in total. The lowest BCUT2D eigenvalue weighted by molar-refractivity contribution is -0.148. The summed E-state index contributed by atoms with van der Waals surface area (Å²) in [6.45, 7) is 5.17. The number of hydrogen-bond donors (Lipinski definition) is 2. The summed E-state index contributed by atoms with van der Waals surface area (Å²) >= 11 is 0. The normalized spacial score (nSPS) is 13.5. The van der Waals surface area contributed by atoms with Gasteiger partial charge in [-0.3, -0.25) is 4.79 Å². The van der Waals surface area contributed by atoms with Crippen LogP contribution in [0.1, 0.15) is 27.2 Å². The van der Waals surface area contributed by atoms with Gasteiger partial charge in [-0.25, -0.2) is 0 Å². The van der Waals surface area contributed by atoms with Crippen LogP contribution in [0.3, 0.4) is 0 Å². The summed E-state index contributed by atoms with van der Waals surface area (Å²) < 4.78 is 0. The minimum Gasteiger partial charge on any atom is -0.481 e. The lowest BCUT2D eigenvalue weighted by Gasteiger charge is -2.25. The molecule has 0 saturated heterocycles. The largest absolute Gasteiger partial charge is 0.481 e. The summed E-state index contributed by atoms with van der Waals surface area (Å²) in [6.07, 6.45) is 0.694. The Morgan fingerprint density at radius 1 is 1.64 bits per heavy atom. The van der Waals surface area contributed by atoms with Gasteiger partial charge in [0, 0.05) is 6.04 Å². The van der Waals surface area contributed by atoms with Crippen LogP contribution in [-0.4, -0.2) is 17.1 Å². The van der Waals surface area contributed by atoms with Gasteiger partial charge in [0.2, 0.25) is 0 Å². The molecule has 0 aromatic carbocycles. The minimum atomic E-state index is -0.832. The van der Waals surface area contributed by atoms with Gasteiger partial charge in [-0.1, -0.05) is 6.92 Å². The highest BCUT2D eigenvalue weighted by atomic mass is 35.5. The minimum absolute atomic E-state index is 0. The van der Waals surface area contributed by atoms with Crippen molar-refractivity contribution < 1.29 is 9.90 Å². The third-order valence-corrected chi connectivity index (χ3v) is 1.92. The number of nitrogens with two attached hydrogens (primary N) is 1. The average Bonchev–Trinajstić information content (AvgIpc) is 1.86. The van der Waals surface area contributed by atoms with Crippen molar-refractivity contribution in [1.82, 2.24) is 0 Å². The third kappa shape index (κ3) is 3.08. The average molecular weight is 182 g/mol. The number of halogens is 1. The predicted molar refractivity (Wildman–Crippen MR) is 46.9 cm³/mol. The van der Waals surface area contributed by atoms with E-state index in [0.717, 1.165) is 0 Å². The van der Waals surface area contributed by atoms with Crippen molar-refractivity contribution in [2.45, 2.75) is 33.2 Å². The number of hydrogen-bond acceptors (Lipinski definition) is 2. The van der Waals surface area contributed by atoms with Crippen molar-refractivity contribution in [3.05, 3.63) is 0 Å². The number of carboxylic acid groups (broad SMARTS) is 1. The van der Waals surface area contributed by atoms with Gasteiger partial charge in [0.1, 0.15) is 0 Å². The van der Waals surface area contributed by atoms with Crippen LogP contribution >= 0.6 is 12.4 Å². The predicted octanol–water partition coefficient (Wildman–Crippen LogP) is 1.26. The Morgan fingerprint density at radius 2 is 2.00 bits per heavy atom. The Hall–Kier alpha value is -0.280. The van der Waals surface area contributed by atoms with Crippen molar-refractivity contribution in [1.29, 1.82) is 0 Å². The topological polar surface area (TPSA) is 63.3 Å². The number of rotatable bonds is 3. The molecule has 0 aliphatic carbocycles. The quantitative estimate of drug-likeness (QED) is 0.689. The molecule has 0 unspecified atom stereocenters. The summed E-state index contributed by atoms with van der Waals surface area (Å²) in [5.41, 5.74) is 4.77. The third-order valence-electron chi connectivity index (χ3n) is 1.92. The second kappa shape index (κ2) is 4.57. The highest BCUT2D eigenvalue weighted by Crippen LogP contribution is 2.20. The van der Waals surface area contributed by atoms with E-state index in [4.69, 9.17) is 10.8 Å². The summed E-state index contributed by atoms with van der Waals surface area (Å²) in [7, 11) is 0. The van der Waals surface area contributed by atoms with E-state index in [1.807, 2.05) is 6.92 Å². The first kappa shape index (κ1) is 13.3. The smallest absolute Gasteiger partial charge is 0.310 e. The second-order valence-corrected chi connectivity index (χ2v) is 3.04. The maximum absolute atomic E-state index is 10.5. The van der Waals surface area contributed by atoms with Crippen LogP contribution in [-0.2, 0) is 4.79 Å². The number of carboxylic acids is 1. The SMILES string of the molecule is CC[C@H](N)C(C)(C)C(=O)O.Cl. The Morgan fingerprint density at radius 3 is 2.09 bits per heavy atom. The molecule has 0 aromatic heterocycles. The zero-order valence-corrected chi connectivity index (χ0v) is 7.94. The zero-order valence-electron chi connectivity index (χ0n) is 7.13. The molecular formula is C7H16ClNO2. The van der Waals surface area contributed by atoms with Crippen molar-refractivity contribution in [3.8, 4) is 0 Å². The fraction of sp³-hybridized carbons (Fsp3) is 0.857. The Kier molecular flexibility index (Phi) is 5.53. The van der Waals surface area contributed by atoms with E-state index in [2.05, 4.69) is 0 Å². The van der Waals surface area contributed by atoms with Gasteiger partial charge < -0.3 is 10.8 Å². The van der Waals surface area contributed by atoms with Crippen LogP contribution in [0.5, 0.6) is 0 Å². The van der Waals surface area contributed by atoms with E-state index in [-0.39, 0.29) is 18.4 Å². The lowest BCUT2D eigenvalue weighted by Crippen LogP contribution is -2.42. The first-order valence-electron chi connectivity index (χ1n) is 3.42. The van der Waals surface area contributed by atoms with E-state index < -0.39 is 11.4 Å². The Labute approximate surface area is 73.4 Å². The van der Waals surface area contributed by atoms with Gasteiger partial charge in [0.05, 0.1) is 5.41 Å². The summed E-state index contributed by atoms with van der Waals surface area (Å²) in [4.78, 5) is 10.5. The molecule has 0 aliphatic rings. The summed E-state index contributed by atoms with van der Waals surface area (Å²) in [5, 5.41) is 8.66. The standard InChI is InChI=1S/C7H15NO2.ClH/c1-4-5(8)7(2,3)6(9)10;/h5H,4,8H2,1-3H3,(H,9,10);1H/t5-;/m0./s1. The molecule has 0 saturated carbocycles. The van der Waals surface area contributed by atoms with E-state index in [1.54, 1.807) is 13.8 Å². The molecule has 1 atom stereocenters. The zero-order chi connectivity index (χ0) is 8.36. The monoisotopic (exact) mass is 181 g/mol. The maximum atomic E-state index is 10.5. The van der Waals surface area contributed by atoms with Crippen LogP contribution in [0.25, 0.3) is 0 Å². The summed E-state index contributed by atoms with van der Waals surface area (Å²) in [6, 6.07) is -0.259. The molecule has 0 heterocycles. The molecule has 0 rings (SSSR count). The molecule has 0 radical (unpaired) electrons. The van der Waals surface area contributed by atoms with Gasteiger partial charge in [-0.2, -0.15) is 0 Å². The fourth-order valence-electron chi connectivity index (χ4n) is 0.669. The molecule has 0 aromatic rings. The lowest BCUT2D eigenvalue weighted by atomic mass is 9.84. The van der Waals surface area contributed by atoms with Crippen molar-refractivity contribution in [2.75, 3.05) is 0 Å². The molecule has 68 valence electrons. The van der Waals surface area contributed by atoms with Crippen molar-refractivity contribution in [2.24, 2.45) is 11.1 Å². The number of carbonyl (C=O) groups is 1. The van der Waals surface area contributed by atoms with Crippen LogP contribution in [0.15, 0.2) is 0 Å². The fourth-order valence-corrected chi connectivity index (χ4v) is 0.669. The Bertz CT molecular complexity index is 136. The van der Waals surface area contributed by atoms with Gasteiger partial charge in [-0.05, 0) is 20.3 Å². The van der Waals surface area contributed by atoms with Crippen LogP contribution in [0.4, 0.5) is 0 Å². The first-order valence-corrected chi connectivity index (χ1v) is 3.42. The van der Waals surface area contributed by atoms with Gasteiger partial charge in [0.25, 0.3) is 0 Å². The van der Waals surface area contributed by atoms with Gasteiger partial charge >= 0.3 is 5.97 Å². The molecule has 0 aliphatic heterocycles. The van der Waals surface area contributed by atoms with Crippen LogP contribution in [0, 0.1) is 5.41 Å². The molecule has 0 bridgehead atoms. The van der Waals surface area contributed by atoms with E-state index in [9.17, 15) is 4.79 Å². The molecule has 0 fully saturated rings. The van der Waals surface area contributed by atoms with Gasteiger partial charge in [-0.15, -0.1) is 12.4 Å². The van der Waals surface area contributed by atoms with Crippen LogP contribution in [0.2, 0.25) is 0 Å². The number of aliphatic carboxylic acids is 1. The first-order chi connectivity index (χ1) is 4.42. The molecular weight excluding hydrogens is 166 g/mol. The molecule has 4 heteroatoms. The van der Waals surface area contributed by atoms with E-state index in [1.165, 1.54) is 0 Å². The van der Waals surface area contributed by atoms with Gasteiger partial charge in [0.15, 0.2) is 0 Å². The van der Waals surface area contributed by atoms with Crippen molar-refractivity contribution >= 4 is 18.4 Å². The van der Waals surface area contributed by atoms with E-state index in [0.29, 0.717) is 6.42 Å². The second-order valence-electron chi connectivity index (χ2n) is 3.04. The Balaban J connectivity index is 0. The highest BCUT2D eigenvalue weighted by molar-refractivity contribution is 5.85. The molecule has 11 heavy (non-hydrogen) atoms.